The highest BCUT2D eigenvalue weighted by molar-refractivity contribution is 6.43. The van der Waals surface area contributed by atoms with Gasteiger partial charge in [-0.15, -0.1) is 0 Å². The summed E-state index contributed by atoms with van der Waals surface area (Å²) >= 11 is 0. The maximum Gasteiger partial charge on any atom is 0.294 e. The van der Waals surface area contributed by atoms with Crippen molar-refractivity contribution in [3.8, 4) is 0 Å². The summed E-state index contributed by atoms with van der Waals surface area (Å²) in [4.78, 5) is 30.4. The van der Waals surface area contributed by atoms with Crippen LogP contribution in [0.15, 0.2) is 24.3 Å². The Morgan fingerprint density at radius 3 is 2.16 bits per heavy atom. The van der Waals surface area contributed by atoms with E-state index in [0.29, 0.717) is 12.1 Å². The van der Waals surface area contributed by atoms with Crippen molar-refractivity contribution in [1.29, 1.82) is 0 Å². The van der Waals surface area contributed by atoms with Crippen LogP contribution < -0.4 is 4.90 Å². The van der Waals surface area contributed by atoms with E-state index in [1.165, 1.54) is 51.4 Å². The highest BCUT2D eigenvalue weighted by Crippen LogP contribution is 2.48. The highest BCUT2D eigenvalue weighted by atomic mass is 16.2. The molecule has 1 amide bonds. The number of para-hydroxylation sites is 1. The zero-order valence-corrected chi connectivity index (χ0v) is 18.8. The maximum absolute atomic E-state index is 13.0. The van der Waals surface area contributed by atoms with Crippen LogP contribution in [0.2, 0.25) is 0 Å². The zero-order valence-electron chi connectivity index (χ0n) is 18.8. The molecular weight excluding hydrogens is 384 g/mol. The van der Waals surface area contributed by atoms with E-state index in [1.54, 1.807) is 0 Å². The van der Waals surface area contributed by atoms with Gasteiger partial charge in [0.1, 0.15) is 0 Å². The van der Waals surface area contributed by atoms with E-state index in [9.17, 15) is 9.59 Å². The van der Waals surface area contributed by atoms with Gasteiger partial charge in [-0.25, -0.2) is 0 Å². The summed E-state index contributed by atoms with van der Waals surface area (Å²) in [7, 11) is 0. The number of piperidine rings is 2. The van der Waals surface area contributed by atoms with E-state index in [0.717, 1.165) is 47.9 Å². The lowest BCUT2D eigenvalue weighted by atomic mass is 9.65. The molecule has 4 fully saturated rings. The Morgan fingerprint density at radius 2 is 1.45 bits per heavy atom. The van der Waals surface area contributed by atoms with Gasteiger partial charge in [0.2, 0.25) is 5.78 Å². The first-order valence-corrected chi connectivity index (χ1v) is 12.8. The molecule has 4 nitrogen and oxygen atoms in total. The Hall–Kier alpha value is -1.68. The molecule has 3 unspecified atom stereocenters. The van der Waals surface area contributed by atoms with Crippen molar-refractivity contribution < 1.29 is 9.59 Å². The molecule has 7 atom stereocenters. The fourth-order valence-electron chi connectivity index (χ4n) is 8.34. The minimum absolute atomic E-state index is 0.174. The van der Waals surface area contributed by atoms with Gasteiger partial charge in [0, 0.05) is 36.3 Å². The quantitative estimate of drug-likeness (QED) is 0.649. The fraction of sp³-hybridized carbons (Fsp3) is 0.704. The molecule has 1 aromatic carbocycles. The molecule has 4 bridgehead atoms. The Kier molecular flexibility index (Phi) is 4.97. The molecule has 2 saturated heterocycles. The number of carbonyl (C=O) groups excluding carboxylic acids is 2. The number of nitrogens with zero attached hydrogens (tertiary/aromatic N) is 2. The van der Waals surface area contributed by atoms with Crippen molar-refractivity contribution in [2.75, 3.05) is 4.90 Å². The molecule has 2 saturated carbocycles. The lowest BCUT2D eigenvalue weighted by Crippen LogP contribution is -2.63. The largest absolute Gasteiger partial charge is 0.302 e. The van der Waals surface area contributed by atoms with E-state index < -0.39 is 0 Å². The lowest BCUT2D eigenvalue weighted by Gasteiger charge is -2.57. The first kappa shape index (κ1) is 20.0. The number of anilines is 1. The van der Waals surface area contributed by atoms with Gasteiger partial charge in [-0.2, -0.15) is 0 Å². The van der Waals surface area contributed by atoms with Gasteiger partial charge in [0.05, 0.1) is 0 Å². The van der Waals surface area contributed by atoms with E-state index >= 15 is 0 Å². The van der Waals surface area contributed by atoms with Crippen LogP contribution in [0.3, 0.4) is 0 Å². The summed E-state index contributed by atoms with van der Waals surface area (Å²) in [6.07, 6.45) is 13.3. The molecule has 0 spiro atoms. The minimum atomic E-state index is -0.267. The zero-order chi connectivity index (χ0) is 21.1. The third kappa shape index (κ3) is 3.46. The van der Waals surface area contributed by atoms with Gasteiger partial charge in [0.25, 0.3) is 5.91 Å². The number of benzene rings is 1. The molecule has 2 aliphatic carbocycles. The van der Waals surface area contributed by atoms with Crippen molar-refractivity contribution in [3.63, 3.8) is 0 Å². The topological polar surface area (TPSA) is 40.6 Å². The summed E-state index contributed by atoms with van der Waals surface area (Å²) in [5, 5.41) is 0. The number of amides is 1. The molecule has 0 aromatic heterocycles. The predicted octanol–water partition coefficient (Wildman–Crippen LogP) is 4.75. The molecule has 0 radical (unpaired) electrons. The van der Waals surface area contributed by atoms with Crippen molar-refractivity contribution in [2.45, 2.75) is 102 Å². The Bertz CT molecular complexity index is 850. The molecule has 166 valence electrons. The van der Waals surface area contributed by atoms with E-state index in [1.807, 2.05) is 29.2 Å². The van der Waals surface area contributed by atoms with Crippen LogP contribution in [0, 0.1) is 17.8 Å². The smallest absolute Gasteiger partial charge is 0.294 e. The molecule has 5 aliphatic rings. The molecule has 1 aromatic rings. The Morgan fingerprint density at radius 1 is 0.774 bits per heavy atom. The van der Waals surface area contributed by atoms with Crippen LogP contribution in [0.5, 0.6) is 0 Å². The van der Waals surface area contributed by atoms with Gasteiger partial charge in [-0.05, 0) is 87.2 Å². The maximum atomic E-state index is 13.0. The van der Waals surface area contributed by atoms with Gasteiger partial charge in [0.15, 0.2) is 0 Å². The first-order valence-electron chi connectivity index (χ1n) is 12.8. The normalized spacial score (nSPS) is 40.5. The van der Waals surface area contributed by atoms with Crippen LogP contribution in [0.1, 0.15) is 76.7 Å². The van der Waals surface area contributed by atoms with Gasteiger partial charge < -0.3 is 4.90 Å². The summed E-state index contributed by atoms with van der Waals surface area (Å²) in [6, 6.07) is 10.1. The van der Waals surface area contributed by atoms with E-state index in [-0.39, 0.29) is 24.2 Å². The molecule has 6 rings (SSSR count). The average molecular weight is 421 g/mol. The van der Waals surface area contributed by atoms with Crippen LogP contribution in [-0.2, 0) is 16.0 Å². The molecule has 3 aliphatic heterocycles. The van der Waals surface area contributed by atoms with Crippen molar-refractivity contribution >= 4 is 17.4 Å². The number of ketones is 1. The van der Waals surface area contributed by atoms with Crippen LogP contribution in [0.4, 0.5) is 5.69 Å². The third-order valence-corrected chi connectivity index (χ3v) is 9.20. The van der Waals surface area contributed by atoms with Crippen LogP contribution in [0.25, 0.3) is 0 Å². The van der Waals surface area contributed by atoms with E-state index in [2.05, 4.69) is 11.8 Å². The van der Waals surface area contributed by atoms with Crippen molar-refractivity contribution in [2.24, 2.45) is 17.8 Å². The molecule has 4 heteroatoms. The highest BCUT2D eigenvalue weighted by Gasteiger charge is 2.48. The summed E-state index contributed by atoms with van der Waals surface area (Å²) in [6.45, 7) is 2.45. The number of hydrogen-bond acceptors (Lipinski definition) is 3. The SMILES string of the molecule is CC1C[C@@H]2CC(N3[C@@H]4CCC[C@H]3CC(N3C(=O)C(=O)Cc5ccccc53)C4)C[C@H](C1)C2. The Balaban J connectivity index is 1.25. The standard InChI is InChI=1S/C27H36N2O2/c1-17-9-18-11-19(10-17)13-23(12-18)28-21-6-4-7-22(28)16-24(15-21)29-25-8-3-2-5-20(25)14-26(30)27(29)31/h2-3,5,8,17-19,21-24H,4,6-7,9-16H2,1H3/t17?,18-,19+,21-,22+,23?,24?. The Labute approximate surface area is 186 Å². The number of Topliss-reactive ketones (excluding diaryl/α,β-unsaturated/α-hetero) is 1. The first-order chi connectivity index (χ1) is 15.1. The average Bonchev–Trinajstić information content (AvgIpc) is 2.73. The number of hydrogen-bond donors (Lipinski definition) is 0. The second-order valence-electron chi connectivity index (χ2n) is 11.4. The van der Waals surface area contributed by atoms with Crippen molar-refractivity contribution in [3.05, 3.63) is 29.8 Å². The minimum Gasteiger partial charge on any atom is -0.302 e. The molecular formula is C27H36N2O2. The van der Waals surface area contributed by atoms with E-state index in [4.69, 9.17) is 0 Å². The lowest BCUT2D eigenvalue weighted by molar-refractivity contribution is -0.137. The summed E-state index contributed by atoms with van der Waals surface area (Å²) in [5.74, 6) is 2.27. The molecule has 31 heavy (non-hydrogen) atoms. The van der Waals surface area contributed by atoms with Gasteiger partial charge >= 0.3 is 0 Å². The fourth-order valence-corrected chi connectivity index (χ4v) is 8.34. The summed E-state index contributed by atoms with van der Waals surface area (Å²) in [5.41, 5.74) is 2.01. The van der Waals surface area contributed by atoms with Gasteiger partial charge in [-0.1, -0.05) is 31.5 Å². The van der Waals surface area contributed by atoms with Crippen molar-refractivity contribution in [1.82, 2.24) is 4.90 Å². The van der Waals surface area contributed by atoms with Crippen LogP contribution >= 0.6 is 0 Å². The predicted molar refractivity (Wildman–Crippen MR) is 122 cm³/mol. The second kappa shape index (κ2) is 7.72. The molecule has 0 N–H and O–H groups in total. The number of fused-ring (bicyclic) bond motifs is 5. The third-order valence-electron chi connectivity index (χ3n) is 9.20. The van der Waals surface area contributed by atoms with Gasteiger partial charge in [-0.3, -0.25) is 14.5 Å². The van der Waals surface area contributed by atoms with Crippen LogP contribution in [-0.4, -0.2) is 40.8 Å². The number of rotatable bonds is 2. The number of carbonyl (C=O) groups is 2. The molecule has 3 heterocycles. The second-order valence-corrected chi connectivity index (χ2v) is 11.4. The summed E-state index contributed by atoms with van der Waals surface area (Å²) < 4.78 is 0. The monoisotopic (exact) mass is 420 g/mol.